The fourth-order valence-electron chi connectivity index (χ4n) is 2.10. The van der Waals surface area contributed by atoms with Crippen molar-refractivity contribution < 1.29 is 4.52 Å². The highest BCUT2D eigenvalue weighted by Gasteiger charge is 2.01. The first-order valence-corrected chi connectivity index (χ1v) is 6.00. The summed E-state index contributed by atoms with van der Waals surface area (Å²) in [5.74, 6) is 0.857. The molecular weight excluding hydrogens is 224 g/mol. The second-order valence-electron chi connectivity index (χ2n) is 4.22. The minimum atomic E-state index is 0.698. The molecule has 0 saturated carbocycles. The summed E-state index contributed by atoms with van der Waals surface area (Å²) in [6.45, 7) is 1.52. The predicted octanol–water partition coefficient (Wildman–Crippen LogP) is 3.12. The monoisotopic (exact) mass is 238 g/mol. The fraction of sp³-hybridized carbons (Fsp3) is 0.133. The van der Waals surface area contributed by atoms with Gasteiger partial charge in [0.05, 0.1) is 12.7 Å². The molecule has 1 heterocycles. The third-order valence-corrected chi connectivity index (χ3v) is 2.99. The number of hydrogen-bond donors (Lipinski definition) is 1. The van der Waals surface area contributed by atoms with Crippen LogP contribution in [0.15, 0.2) is 59.3 Å². The maximum atomic E-state index is 5.05. The highest BCUT2D eigenvalue weighted by atomic mass is 16.5. The molecule has 3 aromatic rings. The quantitative estimate of drug-likeness (QED) is 0.759. The van der Waals surface area contributed by atoms with Crippen LogP contribution in [0.5, 0.6) is 0 Å². The first kappa shape index (κ1) is 11.0. The predicted molar refractivity (Wildman–Crippen MR) is 71.0 cm³/mol. The lowest BCUT2D eigenvalue weighted by atomic mass is 10.0. The molecule has 3 rings (SSSR count). The van der Waals surface area contributed by atoms with Crippen LogP contribution in [0.2, 0.25) is 0 Å². The molecule has 1 N–H and O–H groups in total. The Morgan fingerprint density at radius 2 is 1.83 bits per heavy atom. The van der Waals surface area contributed by atoms with Crippen LogP contribution in [-0.4, -0.2) is 5.16 Å². The topological polar surface area (TPSA) is 38.1 Å². The number of fused-ring (bicyclic) bond motifs is 1. The fourth-order valence-corrected chi connectivity index (χ4v) is 2.10. The van der Waals surface area contributed by atoms with Crippen LogP contribution in [-0.2, 0) is 13.1 Å². The van der Waals surface area contributed by atoms with E-state index in [0.29, 0.717) is 6.54 Å². The van der Waals surface area contributed by atoms with Gasteiger partial charge in [0.15, 0.2) is 0 Å². The number of nitrogens with zero attached hydrogens (tertiary/aromatic N) is 1. The lowest BCUT2D eigenvalue weighted by Crippen LogP contribution is -2.12. The van der Waals surface area contributed by atoms with Crippen LogP contribution in [0.3, 0.4) is 0 Å². The lowest BCUT2D eigenvalue weighted by molar-refractivity contribution is 0.373. The van der Waals surface area contributed by atoms with E-state index in [1.54, 1.807) is 6.20 Å². The molecule has 18 heavy (non-hydrogen) atoms. The standard InChI is InChI=1S/C15H14N2O/c1-2-7-15-12(4-1)5-3-6-13(15)10-16-11-14-8-9-17-18-14/h1-9,16H,10-11H2. The summed E-state index contributed by atoms with van der Waals surface area (Å²) in [5, 5.41) is 9.62. The molecule has 0 atom stereocenters. The van der Waals surface area contributed by atoms with Gasteiger partial charge >= 0.3 is 0 Å². The average molecular weight is 238 g/mol. The van der Waals surface area contributed by atoms with Crippen molar-refractivity contribution in [3.05, 3.63) is 66.1 Å². The van der Waals surface area contributed by atoms with Gasteiger partial charge in [-0.1, -0.05) is 47.6 Å². The zero-order valence-electron chi connectivity index (χ0n) is 9.97. The maximum absolute atomic E-state index is 5.05. The van der Waals surface area contributed by atoms with E-state index in [-0.39, 0.29) is 0 Å². The van der Waals surface area contributed by atoms with E-state index in [1.807, 2.05) is 6.07 Å². The van der Waals surface area contributed by atoms with Crippen LogP contribution in [0.1, 0.15) is 11.3 Å². The Morgan fingerprint density at radius 1 is 0.944 bits per heavy atom. The summed E-state index contributed by atoms with van der Waals surface area (Å²) in [4.78, 5) is 0. The number of aromatic nitrogens is 1. The van der Waals surface area contributed by atoms with E-state index in [4.69, 9.17) is 4.52 Å². The molecule has 1 aromatic heterocycles. The van der Waals surface area contributed by atoms with Crippen LogP contribution in [0.25, 0.3) is 10.8 Å². The molecule has 0 aliphatic heterocycles. The molecule has 2 aromatic carbocycles. The van der Waals surface area contributed by atoms with Gasteiger partial charge in [-0.15, -0.1) is 0 Å². The average Bonchev–Trinajstić information content (AvgIpc) is 2.92. The van der Waals surface area contributed by atoms with E-state index in [9.17, 15) is 0 Å². The van der Waals surface area contributed by atoms with Crippen molar-refractivity contribution in [2.75, 3.05) is 0 Å². The molecule has 0 aliphatic carbocycles. The third kappa shape index (κ3) is 2.26. The van der Waals surface area contributed by atoms with E-state index in [2.05, 4.69) is 52.9 Å². The van der Waals surface area contributed by atoms with Gasteiger partial charge in [0.2, 0.25) is 0 Å². The van der Waals surface area contributed by atoms with Crippen LogP contribution in [0.4, 0.5) is 0 Å². The summed E-state index contributed by atoms with van der Waals surface area (Å²) >= 11 is 0. The summed E-state index contributed by atoms with van der Waals surface area (Å²) in [5.41, 5.74) is 1.30. The molecule has 0 radical (unpaired) electrons. The van der Waals surface area contributed by atoms with Crippen molar-refractivity contribution in [2.24, 2.45) is 0 Å². The van der Waals surface area contributed by atoms with Crippen molar-refractivity contribution >= 4 is 10.8 Å². The Kier molecular flexibility index (Phi) is 3.07. The first-order valence-electron chi connectivity index (χ1n) is 6.00. The summed E-state index contributed by atoms with van der Waals surface area (Å²) < 4.78 is 5.05. The number of hydrogen-bond acceptors (Lipinski definition) is 3. The number of rotatable bonds is 4. The highest BCUT2D eigenvalue weighted by Crippen LogP contribution is 2.18. The van der Waals surface area contributed by atoms with E-state index in [1.165, 1.54) is 16.3 Å². The Labute approximate surface area is 105 Å². The van der Waals surface area contributed by atoms with Gasteiger partial charge in [-0.3, -0.25) is 0 Å². The van der Waals surface area contributed by atoms with Crippen molar-refractivity contribution in [2.45, 2.75) is 13.1 Å². The molecule has 0 unspecified atom stereocenters. The Bertz CT molecular complexity index is 627. The van der Waals surface area contributed by atoms with Crippen LogP contribution < -0.4 is 5.32 Å². The molecular formula is C15H14N2O. The molecule has 90 valence electrons. The summed E-state index contributed by atoms with van der Waals surface area (Å²) in [6.07, 6.45) is 1.66. The van der Waals surface area contributed by atoms with Gasteiger partial charge in [0.25, 0.3) is 0 Å². The molecule has 0 fully saturated rings. The lowest BCUT2D eigenvalue weighted by Gasteiger charge is -2.07. The van der Waals surface area contributed by atoms with E-state index >= 15 is 0 Å². The van der Waals surface area contributed by atoms with Crippen molar-refractivity contribution in [3.63, 3.8) is 0 Å². The summed E-state index contributed by atoms with van der Waals surface area (Å²) in [7, 11) is 0. The molecule has 0 bridgehead atoms. The summed E-state index contributed by atoms with van der Waals surface area (Å²) in [6, 6.07) is 16.7. The van der Waals surface area contributed by atoms with Gasteiger partial charge in [0.1, 0.15) is 5.76 Å². The normalized spacial score (nSPS) is 10.9. The number of benzene rings is 2. The zero-order chi connectivity index (χ0) is 12.2. The largest absolute Gasteiger partial charge is 0.360 e. The second kappa shape index (κ2) is 5.02. The Hall–Kier alpha value is -2.13. The van der Waals surface area contributed by atoms with Crippen molar-refractivity contribution in [3.8, 4) is 0 Å². The Balaban J connectivity index is 1.74. The molecule has 0 spiro atoms. The van der Waals surface area contributed by atoms with Crippen molar-refractivity contribution in [1.29, 1.82) is 0 Å². The molecule has 3 nitrogen and oxygen atoms in total. The van der Waals surface area contributed by atoms with Gasteiger partial charge in [-0.25, -0.2) is 0 Å². The highest BCUT2D eigenvalue weighted by molar-refractivity contribution is 5.85. The third-order valence-electron chi connectivity index (χ3n) is 2.99. The minimum absolute atomic E-state index is 0.698. The van der Waals surface area contributed by atoms with E-state index < -0.39 is 0 Å². The van der Waals surface area contributed by atoms with Crippen molar-refractivity contribution in [1.82, 2.24) is 10.5 Å². The van der Waals surface area contributed by atoms with Crippen LogP contribution in [0, 0.1) is 0 Å². The molecule has 0 aliphatic rings. The van der Waals surface area contributed by atoms with Gasteiger partial charge in [0, 0.05) is 12.6 Å². The maximum Gasteiger partial charge on any atom is 0.150 e. The van der Waals surface area contributed by atoms with Gasteiger partial charge < -0.3 is 9.84 Å². The molecule has 0 saturated heterocycles. The molecule has 0 amide bonds. The molecule has 3 heteroatoms. The Morgan fingerprint density at radius 3 is 2.72 bits per heavy atom. The van der Waals surface area contributed by atoms with E-state index in [0.717, 1.165) is 12.3 Å². The second-order valence-corrected chi connectivity index (χ2v) is 4.22. The smallest absolute Gasteiger partial charge is 0.150 e. The zero-order valence-corrected chi connectivity index (χ0v) is 9.97. The van der Waals surface area contributed by atoms with Gasteiger partial charge in [-0.05, 0) is 16.3 Å². The first-order chi connectivity index (χ1) is 8.93. The SMILES string of the molecule is c1ccc2c(CNCc3ccno3)cccc2c1. The van der Waals surface area contributed by atoms with Crippen LogP contribution >= 0.6 is 0 Å². The number of nitrogens with one attached hydrogen (secondary N) is 1. The minimum Gasteiger partial charge on any atom is -0.360 e. The van der Waals surface area contributed by atoms with Gasteiger partial charge in [-0.2, -0.15) is 0 Å².